The quantitative estimate of drug-likeness (QED) is 0.687. The maximum atomic E-state index is 6.33. The first kappa shape index (κ1) is 16.6. The average Bonchev–Trinajstić information content (AvgIpc) is 3.00. The van der Waals surface area contributed by atoms with Crippen molar-refractivity contribution in [2.24, 2.45) is 5.41 Å². The summed E-state index contributed by atoms with van der Waals surface area (Å²) in [4.78, 5) is 11.6. The number of H-pyrrole nitrogens is 1. The number of nitrogens with zero attached hydrogens (tertiary/aromatic N) is 4. The largest absolute Gasteiger partial charge is 0.355 e. The molecule has 3 aromatic rings. The second-order valence-electron chi connectivity index (χ2n) is 7.25. The van der Waals surface area contributed by atoms with Gasteiger partial charge in [0, 0.05) is 18.7 Å². The minimum absolute atomic E-state index is 0.400. The fraction of sp³-hybridized carbons (Fsp3) is 0.389. The van der Waals surface area contributed by atoms with E-state index in [0.29, 0.717) is 26.6 Å². The number of nitrogens with one attached hydrogen (secondary N) is 1. The second-order valence-corrected chi connectivity index (χ2v) is 8.04. The molecule has 0 aliphatic carbocycles. The Balaban J connectivity index is 1.69. The van der Waals surface area contributed by atoms with Crippen LogP contribution in [0, 0.1) is 5.41 Å². The standard InChI is InChI=1S/C18H19Cl2N5/c1-18(2)6-8-25(9-7-18)13-10-21-16-15(23-24-17(16)22-13)11-4-3-5-12(19)14(11)20/h3-5,10H,6-9H2,1-2H3,(H,22,23,24). The fourth-order valence-electron chi connectivity index (χ4n) is 3.16. The summed E-state index contributed by atoms with van der Waals surface area (Å²) in [6.07, 6.45) is 4.12. The Morgan fingerprint density at radius 2 is 1.92 bits per heavy atom. The highest BCUT2D eigenvalue weighted by molar-refractivity contribution is 6.43. The Kier molecular flexibility index (Phi) is 4.08. The number of halogens is 2. The van der Waals surface area contributed by atoms with Gasteiger partial charge in [0.2, 0.25) is 5.65 Å². The van der Waals surface area contributed by atoms with Gasteiger partial charge in [-0.3, -0.25) is 5.10 Å². The van der Waals surface area contributed by atoms with Crippen molar-refractivity contribution < 1.29 is 0 Å². The predicted octanol–water partition coefficient (Wildman–Crippen LogP) is 4.95. The highest BCUT2D eigenvalue weighted by Crippen LogP contribution is 2.36. The molecule has 25 heavy (non-hydrogen) atoms. The third kappa shape index (κ3) is 3.07. The zero-order valence-electron chi connectivity index (χ0n) is 14.2. The summed E-state index contributed by atoms with van der Waals surface area (Å²) < 4.78 is 0. The van der Waals surface area contributed by atoms with Crippen molar-refractivity contribution in [2.75, 3.05) is 18.0 Å². The van der Waals surface area contributed by atoms with Gasteiger partial charge >= 0.3 is 0 Å². The van der Waals surface area contributed by atoms with E-state index in [1.54, 1.807) is 6.07 Å². The lowest BCUT2D eigenvalue weighted by Crippen LogP contribution is -2.37. The molecule has 1 aliphatic rings. The molecule has 130 valence electrons. The molecule has 0 bridgehead atoms. The van der Waals surface area contributed by atoms with Crippen LogP contribution < -0.4 is 4.90 Å². The van der Waals surface area contributed by atoms with Crippen LogP contribution in [0.25, 0.3) is 22.4 Å². The molecule has 2 aromatic heterocycles. The Labute approximate surface area is 156 Å². The molecular formula is C18H19Cl2N5. The molecule has 0 atom stereocenters. The summed E-state index contributed by atoms with van der Waals surface area (Å²) >= 11 is 12.5. The van der Waals surface area contributed by atoms with Gasteiger partial charge in [-0.2, -0.15) is 5.10 Å². The van der Waals surface area contributed by atoms with E-state index in [0.717, 1.165) is 43.0 Å². The Hall–Kier alpha value is -1.85. The summed E-state index contributed by atoms with van der Waals surface area (Å²) in [5.74, 6) is 0.873. The molecule has 0 radical (unpaired) electrons. The lowest BCUT2D eigenvalue weighted by atomic mass is 9.83. The Morgan fingerprint density at radius 1 is 1.16 bits per heavy atom. The summed E-state index contributed by atoms with van der Waals surface area (Å²) in [5, 5.41) is 8.31. The number of aromatic nitrogens is 4. The monoisotopic (exact) mass is 375 g/mol. The highest BCUT2D eigenvalue weighted by Gasteiger charge is 2.26. The number of aromatic amines is 1. The molecule has 0 unspecified atom stereocenters. The molecule has 0 spiro atoms. The lowest BCUT2D eigenvalue weighted by molar-refractivity contribution is 0.279. The van der Waals surface area contributed by atoms with Crippen molar-refractivity contribution in [2.45, 2.75) is 26.7 Å². The van der Waals surface area contributed by atoms with Gasteiger partial charge in [0.15, 0.2) is 0 Å². The number of hydrogen-bond donors (Lipinski definition) is 1. The van der Waals surface area contributed by atoms with E-state index < -0.39 is 0 Å². The third-order valence-corrected chi connectivity index (χ3v) is 5.73. The van der Waals surface area contributed by atoms with E-state index in [4.69, 9.17) is 23.2 Å². The van der Waals surface area contributed by atoms with E-state index in [1.807, 2.05) is 18.3 Å². The maximum Gasteiger partial charge on any atom is 0.202 e. The van der Waals surface area contributed by atoms with Crippen LogP contribution >= 0.6 is 23.2 Å². The first-order chi connectivity index (χ1) is 11.9. The van der Waals surface area contributed by atoms with Gasteiger partial charge in [-0.05, 0) is 24.3 Å². The van der Waals surface area contributed by atoms with Crippen molar-refractivity contribution in [3.05, 3.63) is 34.4 Å². The second kappa shape index (κ2) is 6.15. The van der Waals surface area contributed by atoms with Gasteiger partial charge in [-0.1, -0.05) is 49.2 Å². The van der Waals surface area contributed by atoms with Crippen molar-refractivity contribution in [3.8, 4) is 11.3 Å². The van der Waals surface area contributed by atoms with Crippen LogP contribution in [-0.4, -0.2) is 33.3 Å². The Morgan fingerprint density at radius 3 is 2.68 bits per heavy atom. The molecule has 1 fully saturated rings. The van der Waals surface area contributed by atoms with Crippen LogP contribution in [0.5, 0.6) is 0 Å². The lowest BCUT2D eigenvalue weighted by Gasteiger charge is -2.37. The minimum atomic E-state index is 0.400. The smallest absolute Gasteiger partial charge is 0.202 e. The molecule has 0 saturated carbocycles. The van der Waals surface area contributed by atoms with Crippen LogP contribution in [0.15, 0.2) is 24.4 Å². The summed E-state index contributed by atoms with van der Waals surface area (Å²) in [6, 6.07) is 5.50. The molecule has 1 aliphatic heterocycles. The van der Waals surface area contributed by atoms with Gasteiger partial charge in [0.25, 0.3) is 0 Å². The summed E-state index contributed by atoms with van der Waals surface area (Å²) in [7, 11) is 0. The van der Waals surface area contributed by atoms with E-state index in [9.17, 15) is 0 Å². The van der Waals surface area contributed by atoms with Gasteiger partial charge in [-0.15, -0.1) is 0 Å². The van der Waals surface area contributed by atoms with Gasteiger partial charge < -0.3 is 4.90 Å². The molecule has 7 heteroatoms. The van der Waals surface area contributed by atoms with Crippen LogP contribution in [-0.2, 0) is 0 Å². The first-order valence-corrected chi connectivity index (χ1v) is 9.11. The average molecular weight is 376 g/mol. The number of fused-ring (bicyclic) bond motifs is 1. The molecule has 1 saturated heterocycles. The molecule has 5 nitrogen and oxygen atoms in total. The Bertz CT molecular complexity index is 924. The van der Waals surface area contributed by atoms with Crippen molar-refractivity contribution >= 4 is 40.2 Å². The topological polar surface area (TPSA) is 57.7 Å². The molecule has 1 aromatic carbocycles. The van der Waals surface area contributed by atoms with E-state index in [2.05, 4.69) is 38.9 Å². The number of hydrogen-bond acceptors (Lipinski definition) is 4. The van der Waals surface area contributed by atoms with Crippen LogP contribution in [0.2, 0.25) is 10.0 Å². The molecule has 1 N–H and O–H groups in total. The van der Waals surface area contributed by atoms with E-state index in [-0.39, 0.29) is 0 Å². The molecule has 4 rings (SSSR count). The van der Waals surface area contributed by atoms with Crippen molar-refractivity contribution in [3.63, 3.8) is 0 Å². The number of benzene rings is 1. The predicted molar refractivity (Wildman–Crippen MR) is 102 cm³/mol. The SMILES string of the molecule is CC1(C)CCN(c2cnc3c(-c4cccc(Cl)c4Cl)[nH]nc3n2)CC1. The van der Waals surface area contributed by atoms with Crippen LogP contribution in [0.3, 0.4) is 0 Å². The normalized spacial score (nSPS) is 17.2. The van der Waals surface area contributed by atoms with Crippen molar-refractivity contribution in [1.29, 1.82) is 0 Å². The van der Waals surface area contributed by atoms with Crippen LogP contribution in [0.4, 0.5) is 5.82 Å². The third-order valence-electron chi connectivity index (χ3n) is 4.91. The number of rotatable bonds is 2. The fourth-order valence-corrected chi connectivity index (χ4v) is 3.56. The van der Waals surface area contributed by atoms with Gasteiger partial charge in [0.1, 0.15) is 11.3 Å². The molecule has 3 heterocycles. The van der Waals surface area contributed by atoms with Gasteiger partial charge in [-0.25, -0.2) is 9.97 Å². The number of piperidine rings is 1. The summed E-state index contributed by atoms with van der Waals surface area (Å²) in [5.41, 5.74) is 3.20. The van der Waals surface area contributed by atoms with Crippen molar-refractivity contribution in [1.82, 2.24) is 20.2 Å². The first-order valence-electron chi connectivity index (χ1n) is 8.35. The van der Waals surface area contributed by atoms with Crippen LogP contribution in [0.1, 0.15) is 26.7 Å². The zero-order valence-corrected chi connectivity index (χ0v) is 15.7. The van der Waals surface area contributed by atoms with Gasteiger partial charge in [0.05, 0.1) is 21.9 Å². The number of anilines is 1. The van der Waals surface area contributed by atoms with E-state index >= 15 is 0 Å². The zero-order chi connectivity index (χ0) is 17.6. The minimum Gasteiger partial charge on any atom is -0.355 e. The molecule has 0 amide bonds. The molecular weight excluding hydrogens is 357 g/mol. The summed E-state index contributed by atoms with van der Waals surface area (Å²) in [6.45, 7) is 6.61. The highest BCUT2D eigenvalue weighted by atomic mass is 35.5. The van der Waals surface area contributed by atoms with E-state index in [1.165, 1.54) is 0 Å². The maximum absolute atomic E-state index is 6.33.